The van der Waals surface area contributed by atoms with Crippen molar-refractivity contribution in [2.45, 2.75) is 64.0 Å². The molecule has 1 aliphatic heterocycles. The van der Waals surface area contributed by atoms with Crippen LogP contribution in [0.1, 0.15) is 52.4 Å². The van der Waals surface area contributed by atoms with E-state index in [0.717, 1.165) is 32.2 Å². The number of hydrogen-bond acceptors (Lipinski definition) is 3. The molecular formula is C13H24N2O3. The molecule has 1 atom stereocenters. The minimum atomic E-state index is -1.12. The summed E-state index contributed by atoms with van der Waals surface area (Å²) in [6.07, 6.45) is 4.81. The van der Waals surface area contributed by atoms with Gasteiger partial charge in [-0.05, 0) is 32.2 Å². The predicted octanol–water partition coefficient (Wildman–Crippen LogP) is 1.28. The number of carboxylic acid groups (broad SMARTS) is 1. The zero-order valence-electron chi connectivity index (χ0n) is 11.3. The molecule has 5 heteroatoms. The van der Waals surface area contributed by atoms with Crippen molar-refractivity contribution < 1.29 is 14.7 Å². The van der Waals surface area contributed by atoms with Crippen molar-refractivity contribution in [3.05, 3.63) is 0 Å². The number of carbonyl (C=O) groups is 2. The summed E-state index contributed by atoms with van der Waals surface area (Å²) in [6.45, 7) is 4.41. The van der Waals surface area contributed by atoms with E-state index in [0.29, 0.717) is 12.8 Å². The Kier molecular flexibility index (Phi) is 5.59. The number of carboxylic acids is 1. The summed E-state index contributed by atoms with van der Waals surface area (Å²) in [5, 5.41) is 15.2. The van der Waals surface area contributed by atoms with E-state index in [-0.39, 0.29) is 11.9 Å². The molecule has 1 rings (SSSR count). The quantitative estimate of drug-likeness (QED) is 0.692. The van der Waals surface area contributed by atoms with Crippen molar-refractivity contribution in [3.63, 3.8) is 0 Å². The molecule has 104 valence electrons. The fraction of sp³-hybridized carbons (Fsp3) is 0.846. The Morgan fingerprint density at radius 1 is 1.28 bits per heavy atom. The van der Waals surface area contributed by atoms with E-state index in [2.05, 4.69) is 10.6 Å². The van der Waals surface area contributed by atoms with Gasteiger partial charge in [-0.3, -0.25) is 4.79 Å². The van der Waals surface area contributed by atoms with Gasteiger partial charge in [0.2, 0.25) is 5.91 Å². The Labute approximate surface area is 108 Å². The number of amides is 1. The first kappa shape index (κ1) is 15.0. The second-order valence-corrected chi connectivity index (χ2v) is 4.94. The van der Waals surface area contributed by atoms with Gasteiger partial charge in [-0.25, -0.2) is 4.79 Å². The zero-order chi connectivity index (χ0) is 13.6. The second kappa shape index (κ2) is 6.73. The topological polar surface area (TPSA) is 78.4 Å². The van der Waals surface area contributed by atoms with Crippen LogP contribution in [0.3, 0.4) is 0 Å². The lowest BCUT2D eigenvalue weighted by Crippen LogP contribution is -2.58. The molecule has 0 aliphatic carbocycles. The van der Waals surface area contributed by atoms with Crippen molar-refractivity contribution in [1.82, 2.24) is 10.6 Å². The summed E-state index contributed by atoms with van der Waals surface area (Å²) in [4.78, 5) is 23.5. The first-order valence-corrected chi connectivity index (χ1v) is 6.84. The Morgan fingerprint density at radius 3 is 2.50 bits per heavy atom. The average Bonchev–Trinajstić information content (AvgIpc) is 2.64. The molecule has 0 radical (unpaired) electrons. The lowest BCUT2D eigenvalue weighted by molar-refractivity contribution is -0.148. The summed E-state index contributed by atoms with van der Waals surface area (Å²) in [6, 6.07) is -0.246. The molecule has 3 N–H and O–H groups in total. The van der Waals surface area contributed by atoms with E-state index in [1.165, 1.54) is 0 Å². The molecule has 0 aromatic rings. The summed E-state index contributed by atoms with van der Waals surface area (Å²) in [7, 11) is 0. The van der Waals surface area contributed by atoms with Gasteiger partial charge in [0.15, 0.2) is 0 Å². The number of rotatable bonds is 5. The Balaban J connectivity index is 2.68. The standard InChI is InChI=1S/C13H24N2O3/c1-3-13(4-2,12(17)18)15-11(16)10-8-6-5-7-9-14-10/h10,14H,3-9H2,1-2H3,(H,15,16)(H,17,18). The van der Waals surface area contributed by atoms with Crippen LogP contribution in [0.5, 0.6) is 0 Å². The SMILES string of the molecule is CCC(CC)(NC(=O)C1CCCCCN1)C(=O)O. The molecule has 0 aromatic heterocycles. The van der Waals surface area contributed by atoms with Crippen LogP contribution in [0.25, 0.3) is 0 Å². The summed E-state index contributed by atoms with van der Waals surface area (Å²) in [5.41, 5.74) is -1.12. The van der Waals surface area contributed by atoms with E-state index in [9.17, 15) is 14.7 Å². The average molecular weight is 256 g/mol. The number of nitrogens with one attached hydrogen (secondary N) is 2. The van der Waals surface area contributed by atoms with Gasteiger partial charge in [-0.15, -0.1) is 0 Å². The third-order valence-electron chi connectivity index (χ3n) is 3.86. The van der Waals surface area contributed by atoms with Crippen molar-refractivity contribution in [3.8, 4) is 0 Å². The van der Waals surface area contributed by atoms with Crippen molar-refractivity contribution in [1.29, 1.82) is 0 Å². The Morgan fingerprint density at radius 2 is 1.94 bits per heavy atom. The maximum absolute atomic E-state index is 12.2. The molecule has 0 bridgehead atoms. The minimum Gasteiger partial charge on any atom is -0.480 e. The maximum atomic E-state index is 12.2. The minimum absolute atomic E-state index is 0.178. The van der Waals surface area contributed by atoms with E-state index in [4.69, 9.17) is 0 Å². The van der Waals surface area contributed by atoms with E-state index in [1.54, 1.807) is 13.8 Å². The van der Waals surface area contributed by atoms with Gasteiger partial charge in [0.25, 0.3) is 0 Å². The highest BCUT2D eigenvalue weighted by atomic mass is 16.4. The molecule has 1 amide bonds. The lowest BCUT2D eigenvalue weighted by atomic mass is 9.92. The van der Waals surface area contributed by atoms with Crippen LogP contribution in [0.15, 0.2) is 0 Å². The second-order valence-electron chi connectivity index (χ2n) is 4.94. The third-order valence-corrected chi connectivity index (χ3v) is 3.86. The van der Waals surface area contributed by atoms with Crippen LogP contribution in [-0.2, 0) is 9.59 Å². The van der Waals surface area contributed by atoms with Crippen LogP contribution in [0.2, 0.25) is 0 Å². The van der Waals surface area contributed by atoms with E-state index >= 15 is 0 Å². The third kappa shape index (κ3) is 3.45. The molecule has 1 unspecified atom stereocenters. The molecule has 5 nitrogen and oxygen atoms in total. The number of hydrogen-bond donors (Lipinski definition) is 3. The van der Waals surface area contributed by atoms with Crippen LogP contribution < -0.4 is 10.6 Å². The molecule has 0 saturated carbocycles. The van der Waals surface area contributed by atoms with E-state index in [1.807, 2.05) is 0 Å². The van der Waals surface area contributed by atoms with Gasteiger partial charge in [0.05, 0.1) is 6.04 Å². The van der Waals surface area contributed by atoms with E-state index < -0.39 is 11.5 Å². The number of carbonyl (C=O) groups excluding carboxylic acids is 1. The zero-order valence-corrected chi connectivity index (χ0v) is 11.3. The van der Waals surface area contributed by atoms with Crippen LogP contribution in [0, 0.1) is 0 Å². The molecule has 0 aromatic carbocycles. The van der Waals surface area contributed by atoms with Gasteiger partial charge in [-0.2, -0.15) is 0 Å². The highest BCUT2D eigenvalue weighted by Gasteiger charge is 2.37. The molecule has 1 heterocycles. The predicted molar refractivity (Wildman–Crippen MR) is 69.4 cm³/mol. The summed E-state index contributed by atoms with van der Waals surface area (Å²) >= 11 is 0. The summed E-state index contributed by atoms with van der Waals surface area (Å²) < 4.78 is 0. The summed E-state index contributed by atoms with van der Waals surface area (Å²) in [5.74, 6) is -1.13. The van der Waals surface area contributed by atoms with Gasteiger partial charge in [0, 0.05) is 0 Å². The number of aliphatic carboxylic acids is 1. The largest absolute Gasteiger partial charge is 0.480 e. The molecule has 18 heavy (non-hydrogen) atoms. The normalized spacial score (nSPS) is 21.1. The highest BCUT2D eigenvalue weighted by molar-refractivity contribution is 5.89. The van der Waals surface area contributed by atoms with Crippen LogP contribution in [0.4, 0.5) is 0 Å². The van der Waals surface area contributed by atoms with Gasteiger partial charge in [-0.1, -0.05) is 26.7 Å². The fourth-order valence-electron chi connectivity index (χ4n) is 2.36. The Hall–Kier alpha value is -1.10. The highest BCUT2D eigenvalue weighted by Crippen LogP contribution is 2.17. The Bertz CT molecular complexity index is 293. The van der Waals surface area contributed by atoms with Crippen molar-refractivity contribution >= 4 is 11.9 Å². The molecule has 0 spiro atoms. The smallest absolute Gasteiger partial charge is 0.329 e. The first-order chi connectivity index (χ1) is 8.55. The first-order valence-electron chi connectivity index (χ1n) is 6.84. The lowest BCUT2D eigenvalue weighted by Gasteiger charge is -2.30. The van der Waals surface area contributed by atoms with Gasteiger partial charge in [0.1, 0.15) is 5.54 Å². The molecular weight excluding hydrogens is 232 g/mol. The fourth-order valence-corrected chi connectivity index (χ4v) is 2.36. The molecule has 1 aliphatic rings. The van der Waals surface area contributed by atoms with Crippen molar-refractivity contribution in [2.24, 2.45) is 0 Å². The van der Waals surface area contributed by atoms with Gasteiger partial charge < -0.3 is 15.7 Å². The monoisotopic (exact) mass is 256 g/mol. The van der Waals surface area contributed by atoms with Crippen LogP contribution >= 0.6 is 0 Å². The van der Waals surface area contributed by atoms with Crippen LogP contribution in [-0.4, -0.2) is 35.1 Å². The molecule has 1 saturated heterocycles. The molecule has 1 fully saturated rings. The maximum Gasteiger partial charge on any atom is 0.329 e. The van der Waals surface area contributed by atoms with Crippen molar-refractivity contribution in [2.75, 3.05) is 6.54 Å². The van der Waals surface area contributed by atoms with Gasteiger partial charge >= 0.3 is 5.97 Å².